The Morgan fingerprint density at radius 3 is 2.80 bits per heavy atom. The Morgan fingerprint density at radius 1 is 1.35 bits per heavy atom. The monoisotopic (exact) mass is 292 g/mol. The lowest BCUT2D eigenvalue weighted by Gasteiger charge is -2.06. The Hall–Kier alpha value is -1.53. The zero-order chi connectivity index (χ0) is 13.9. The molecule has 0 amide bonds. The first-order chi connectivity index (χ1) is 9.76. The molecule has 0 radical (unpaired) electrons. The van der Waals surface area contributed by atoms with Gasteiger partial charge in [0, 0.05) is 17.9 Å². The molecular weight excluding hydrogens is 276 g/mol. The van der Waals surface area contributed by atoms with E-state index < -0.39 is 0 Å². The molecule has 3 rings (SSSR count). The van der Waals surface area contributed by atoms with E-state index in [2.05, 4.69) is 10.1 Å². The van der Waals surface area contributed by atoms with Gasteiger partial charge in [0.25, 0.3) is 0 Å². The van der Waals surface area contributed by atoms with E-state index in [-0.39, 0.29) is 12.0 Å². The van der Waals surface area contributed by atoms with Gasteiger partial charge in [-0.25, -0.2) is 0 Å². The summed E-state index contributed by atoms with van der Waals surface area (Å²) in [5.41, 5.74) is 1.10. The van der Waals surface area contributed by atoms with Crippen LogP contribution in [0.4, 0.5) is 0 Å². The standard InChI is InChI=1S/C14H16N2O3S/c1-18-10-4-2-9(3-5-10)6-13-15-14(19-16-13)11-7-20-8-12(11)17/h2-5,11-12,17H,6-8H2,1H3. The first-order valence-corrected chi connectivity index (χ1v) is 7.63. The lowest BCUT2D eigenvalue weighted by atomic mass is 10.1. The van der Waals surface area contributed by atoms with E-state index in [1.807, 2.05) is 24.3 Å². The van der Waals surface area contributed by atoms with Crippen LogP contribution in [-0.4, -0.2) is 40.0 Å². The summed E-state index contributed by atoms with van der Waals surface area (Å²) in [6, 6.07) is 7.78. The SMILES string of the molecule is COc1ccc(Cc2noc(C3CSCC3O)n2)cc1. The van der Waals surface area contributed by atoms with Crippen LogP contribution in [0.5, 0.6) is 5.75 Å². The fourth-order valence-electron chi connectivity index (χ4n) is 2.19. The molecule has 0 bridgehead atoms. The number of nitrogens with zero attached hydrogens (tertiary/aromatic N) is 2. The zero-order valence-electron chi connectivity index (χ0n) is 11.2. The van der Waals surface area contributed by atoms with Crippen LogP contribution in [0, 0.1) is 0 Å². The van der Waals surface area contributed by atoms with Crippen molar-refractivity contribution in [2.75, 3.05) is 18.6 Å². The summed E-state index contributed by atoms with van der Waals surface area (Å²) in [6.45, 7) is 0. The molecule has 106 valence electrons. The molecule has 5 nitrogen and oxygen atoms in total. The van der Waals surface area contributed by atoms with E-state index in [1.165, 1.54) is 0 Å². The Bertz CT molecular complexity index is 570. The van der Waals surface area contributed by atoms with Crippen LogP contribution in [0.15, 0.2) is 28.8 Å². The fourth-order valence-corrected chi connectivity index (χ4v) is 3.42. The third kappa shape index (κ3) is 2.81. The highest BCUT2D eigenvalue weighted by Gasteiger charge is 2.31. The number of methoxy groups -OCH3 is 1. The van der Waals surface area contributed by atoms with E-state index in [1.54, 1.807) is 18.9 Å². The van der Waals surface area contributed by atoms with Crippen molar-refractivity contribution in [3.05, 3.63) is 41.5 Å². The van der Waals surface area contributed by atoms with Gasteiger partial charge in [-0.1, -0.05) is 17.3 Å². The van der Waals surface area contributed by atoms with Gasteiger partial charge in [-0.05, 0) is 17.7 Å². The third-order valence-corrected chi connectivity index (χ3v) is 4.54. The summed E-state index contributed by atoms with van der Waals surface area (Å²) in [5, 5.41) is 13.8. The van der Waals surface area contributed by atoms with Crippen LogP contribution in [0.25, 0.3) is 0 Å². The quantitative estimate of drug-likeness (QED) is 0.927. The lowest BCUT2D eigenvalue weighted by Crippen LogP contribution is -2.15. The highest BCUT2D eigenvalue weighted by molar-refractivity contribution is 7.99. The largest absolute Gasteiger partial charge is 0.497 e. The molecule has 2 unspecified atom stereocenters. The van der Waals surface area contributed by atoms with Crippen LogP contribution in [0.1, 0.15) is 23.2 Å². The highest BCUT2D eigenvalue weighted by atomic mass is 32.2. The number of rotatable bonds is 4. The summed E-state index contributed by atoms with van der Waals surface area (Å²) >= 11 is 1.71. The number of aliphatic hydroxyl groups excluding tert-OH is 1. The maximum Gasteiger partial charge on any atom is 0.233 e. The predicted molar refractivity (Wildman–Crippen MR) is 76.2 cm³/mol. The van der Waals surface area contributed by atoms with Gasteiger partial charge in [0.05, 0.1) is 19.1 Å². The highest BCUT2D eigenvalue weighted by Crippen LogP contribution is 2.31. The lowest BCUT2D eigenvalue weighted by molar-refractivity contribution is 0.164. The number of aromatic nitrogens is 2. The average molecular weight is 292 g/mol. The number of hydrogen-bond donors (Lipinski definition) is 1. The van der Waals surface area contributed by atoms with Gasteiger partial charge in [-0.3, -0.25) is 0 Å². The van der Waals surface area contributed by atoms with Gasteiger partial charge in [0.2, 0.25) is 5.89 Å². The molecule has 1 aromatic heterocycles. The molecular formula is C14H16N2O3S. The van der Waals surface area contributed by atoms with Crippen molar-refractivity contribution in [1.82, 2.24) is 10.1 Å². The Kier molecular flexibility index (Phi) is 3.93. The predicted octanol–water partition coefficient (Wildman–Crippen LogP) is 1.86. The fraction of sp³-hybridized carbons (Fsp3) is 0.429. The van der Waals surface area contributed by atoms with Crippen molar-refractivity contribution in [3.8, 4) is 5.75 Å². The molecule has 1 saturated heterocycles. The molecule has 2 heterocycles. The van der Waals surface area contributed by atoms with Crippen LogP contribution in [-0.2, 0) is 6.42 Å². The molecule has 1 fully saturated rings. The minimum absolute atomic E-state index is 0.0304. The smallest absolute Gasteiger partial charge is 0.233 e. The topological polar surface area (TPSA) is 68.4 Å². The van der Waals surface area contributed by atoms with Crippen LogP contribution < -0.4 is 4.74 Å². The van der Waals surface area contributed by atoms with Crippen LogP contribution in [0.3, 0.4) is 0 Å². The van der Waals surface area contributed by atoms with E-state index in [0.29, 0.717) is 18.1 Å². The molecule has 0 saturated carbocycles. The second-order valence-electron chi connectivity index (χ2n) is 4.78. The first kappa shape index (κ1) is 13.5. The number of benzene rings is 1. The normalized spacial score (nSPS) is 22.1. The van der Waals surface area contributed by atoms with Gasteiger partial charge < -0.3 is 14.4 Å². The Balaban J connectivity index is 1.70. The molecule has 6 heteroatoms. The number of aliphatic hydroxyl groups is 1. The third-order valence-electron chi connectivity index (χ3n) is 3.37. The molecule has 0 aliphatic carbocycles. The van der Waals surface area contributed by atoms with Crippen LogP contribution >= 0.6 is 11.8 Å². The summed E-state index contributed by atoms with van der Waals surface area (Å²) in [4.78, 5) is 4.40. The van der Waals surface area contributed by atoms with E-state index in [4.69, 9.17) is 9.26 Å². The van der Waals surface area contributed by atoms with Gasteiger partial charge in [0.15, 0.2) is 5.82 Å². The van der Waals surface area contributed by atoms with Crippen molar-refractivity contribution in [2.24, 2.45) is 0 Å². The van der Waals surface area contributed by atoms with E-state index >= 15 is 0 Å². The summed E-state index contributed by atoms with van der Waals surface area (Å²) in [7, 11) is 1.64. The summed E-state index contributed by atoms with van der Waals surface area (Å²) in [6.07, 6.45) is 0.234. The maximum atomic E-state index is 9.84. The molecule has 1 aromatic carbocycles. The zero-order valence-corrected chi connectivity index (χ0v) is 12.0. The molecule has 20 heavy (non-hydrogen) atoms. The molecule has 0 spiro atoms. The van der Waals surface area contributed by atoms with Crippen molar-refractivity contribution in [1.29, 1.82) is 0 Å². The van der Waals surface area contributed by atoms with Crippen molar-refractivity contribution >= 4 is 11.8 Å². The second-order valence-corrected chi connectivity index (χ2v) is 5.86. The second kappa shape index (κ2) is 5.85. The maximum absolute atomic E-state index is 9.84. The minimum atomic E-state index is -0.380. The van der Waals surface area contributed by atoms with Gasteiger partial charge >= 0.3 is 0 Å². The average Bonchev–Trinajstić information content (AvgIpc) is 3.08. The van der Waals surface area contributed by atoms with Crippen molar-refractivity contribution in [3.63, 3.8) is 0 Å². The number of thioether (sulfide) groups is 1. The number of hydrogen-bond acceptors (Lipinski definition) is 6. The Labute approximate surface area is 121 Å². The molecule has 2 atom stereocenters. The molecule has 2 aromatic rings. The van der Waals surface area contributed by atoms with Gasteiger partial charge in [-0.2, -0.15) is 16.7 Å². The Morgan fingerprint density at radius 2 is 2.15 bits per heavy atom. The van der Waals surface area contributed by atoms with Crippen molar-refractivity contribution in [2.45, 2.75) is 18.4 Å². The van der Waals surface area contributed by atoms with E-state index in [9.17, 15) is 5.11 Å². The molecule has 1 aliphatic rings. The number of ether oxygens (including phenoxy) is 1. The summed E-state index contributed by atoms with van der Waals surface area (Å²) in [5.74, 6) is 3.57. The van der Waals surface area contributed by atoms with Crippen LogP contribution in [0.2, 0.25) is 0 Å². The minimum Gasteiger partial charge on any atom is -0.497 e. The molecule has 1 N–H and O–H groups in total. The first-order valence-electron chi connectivity index (χ1n) is 6.47. The van der Waals surface area contributed by atoms with E-state index in [0.717, 1.165) is 22.8 Å². The van der Waals surface area contributed by atoms with Gasteiger partial charge in [-0.15, -0.1) is 0 Å². The molecule has 1 aliphatic heterocycles. The van der Waals surface area contributed by atoms with Crippen molar-refractivity contribution < 1.29 is 14.4 Å². The summed E-state index contributed by atoms with van der Waals surface area (Å²) < 4.78 is 10.4. The van der Waals surface area contributed by atoms with Gasteiger partial charge in [0.1, 0.15) is 5.75 Å².